The van der Waals surface area contributed by atoms with Gasteiger partial charge in [0.25, 0.3) is 0 Å². The van der Waals surface area contributed by atoms with Crippen molar-refractivity contribution in [3.8, 4) is 0 Å². The van der Waals surface area contributed by atoms with Gasteiger partial charge in [-0.2, -0.15) is 0 Å². The standard InChI is InChI=1S/C12H18IN3O/c1-8(2)16-12(17)5-6-15-11-4-3-9(14)7-10(11)13/h3-4,7-8,15H,5-6,14H2,1-2H3,(H,16,17). The van der Waals surface area contributed by atoms with E-state index in [0.717, 1.165) is 14.9 Å². The Bertz CT molecular complexity index is 393. The molecule has 0 aromatic heterocycles. The number of rotatable bonds is 5. The van der Waals surface area contributed by atoms with Gasteiger partial charge in [0.15, 0.2) is 0 Å². The molecule has 0 heterocycles. The van der Waals surface area contributed by atoms with E-state index < -0.39 is 0 Å². The summed E-state index contributed by atoms with van der Waals surface area (Å²) in [7, 11) is 0. The van der Waals surface area contributed by atoms with Crippen LogP contribution in [0.4, 0.5) is 11.4 Å². The number of nitrogen functional groups attached to an aromatic ring is 1. The molecular weight excluding hydrogens is 329 g/mol. The highest BCUT2D eigenvalue weighted by atomic mass is 127. The Morgan fingerprint density at radius 1 is 1.47 bits per heavy atom. The van der Waals surface area contributed by atoms with E-state index in [0.29, 0.717) is 13.0 Å². The summed E-state index contributed by atoms with van der Waals surface area (Å²) < 4.78 is 1.06. The second-order valence-electron chi connectivity index (χ2n) is 4.14. The summed E-state index contributed by atoms with van der Waals surface area (Å²) in [5.74, 6) is 0.0675. The maximum atomic E-state index is 11.4. The van der Waals surface area contributed by atoms with Crippen molar-refractivity contribution in [3.63, 3.8) is 0 Å². The van der Waals surface area contributed by atoms with Crippen LogP contribution in [0.15, 0.2) is 18.2 Å². The summed E-state index contributed by atoms with van der Waals surface area (Å²) in [6, 6.07) is 5.87. The number of benzene rings is 1. The molecule has 94 valence electrons. The third-order valence-corrected chi connectivity index (χ3v) is 3.00. The smallest absolute Gasteiger partial charge is 0.221 e. The van der Waals surface area contributed by atoms with E-state index in [1.54, 1.807) is 0 Å². The number of nitrogens with two attached hydrogens (primary N) is 1. The van der Waals surface area contributed by atoms with Gasteiger partial charge in [0.1, 0.15) is 0 Å². The van der Waals surface area contributed by atoms with Crippen molar-refractivity contribution < 1.29 is 4.79 Å². The summed E-state index contributed by atoms with van der Waals surface area (Å²) in [4.78, 5) is 11.4. The number of carbonyl (C=O) groups is 1. The molecule has 1 rings (SSSR count). The normalized spacial score (nSPS) is 10.4. The predicted molar refractivity (Wildman–Crippen MR) is 80.0 cm³/mol. The van der Waals surface area contributed by atoms with Crippen molar-refractivity contribution in [2.24, 2.45) is 0 Å². The van der Waals surface area contributed by atoms with E-state index in [-0.39, 0.29) is 11.9 Å². The number of anilines is 2. The molecule has 0 spiro atoms. The third kappa shape index (κ3) is 5.25. The first-order valence-electron chi connectivity index (χ1n) is 5.57. The minimum atomic E-state index is 0.0675. The van der Waals surface area contributed by atoms with Crippen LogP contribution >= 0.6 is 22.6 Å². The van der Waals surface area contributed by atoms with Crippen LogP contribution in [-0.4, -0.2) is 18.5 Å². The van der Waals surface area contributed by atoms with Gasteiger partial charge in [-0.1, -0.05) is 0 Å². The fourth-order valence-electron chi connectivity index (χ4n) is 1.38. The summed E-state index contributed by atoms with van der Waals surface area (Å²) >= 11 is 2.22. The molecule has 0 saturated carbocycles. The summed E-state index contributed by atoms with van der Waals surface area (Å²) in [5, 5.41) is 6.07. The second kappa shape index (κ2) is 6.68. The van der Waals surface area contributed by atoms with Gasteiger partial charge in [0, 0.05) is 34.0 Å². The lowest BCUT2D eigenvalue weighted by Gasteiger charge is -2.11. The monoisotopic (exact) mass is 347 g/mol. The highest BCUT2D eigenvalue weighted by Crippen LogP contribution is 2.20. The lowest BCUT2D eigenvalue weighted by Crippen LogP contribution is -2.31. The molecule has 0 fully saturated rings. The SMILES string of the molecule is CC(C)NC(=O)CCNc1ccc(N)cc1I. The molecule has 0 atom stereocenters. The van der Waals surface area contributed by atoms with E-state index in [2.05, 4.69) is 33.2 Å². The molecule has 17 heavy (non-hydrogen) atoms. The van der Waals surface area contributed by atoms with E-state index in [1.165, 1.54) is 0 Å². The van der Waals surface area contributed by atoms with Gasteiger partial charge in [0.2, 0.25) is 5.91 Å². The molecule has 0 aliphatic carbocycles. The van der Waals surface area contributed by atoms with Crippen molar-refractivity contribution in [2.45, 2.75) is 26.3 Å². The van der Waals surface area contributed by atoms with Crippen LogP contribution in [0.5, 0.6) is 0 Å². The minimum absolute atomic E-state index is 0.0675. The lowest BCUT2D eigenvalue weighted by atomic mass is 10.2. The molecule has 5 heteroatoms. The Hall–Kier alpha value is -0.980. The number of nitrogens with one attached hydrogen (secondary N) is 2. The minimum Gasteiger partial charge on any atom is -0.399 e. The number of hydrogen-bond acceptors (Lipinski definition) is 3. The largest absolute Gasteiger partial charge is 0.399 e. The Kier molecular flexibility index (Phi) is 5.54. The zero-order valence-corrected chi connectivity index (χ0v) is 12.2. The van der Waals surface area contributed by atoms with Crippen molar-refractivity contribution in [1.82, 2.24) is 5.32 Å². The molecule has 0 radical (unpaired) electrons. The number of halogens is 1. The van der Waals surface area contributed by atoms with Gasteiger partial charge in [-0.3, -0.25) is 4.79 Å². The van der Waals surface area contributed by atoms with Crippen LogP contribution in [0.25, 0.3) is 0 Å². The summed E-state index contributed by atoms with van der Waals surface area (Å²) in [5.41, 5.74) is 7.42. The zero-order valence-electron chi connectivity index (χ0n) is 10.1. The number of amides is 1. The average molecular weight is 347 g/mol. The Morgan fingerprint density at radius 3 is 2.76 bits per heavy atom. The molecule has 1 aromatic carbocycles. The fraction of sp³-hybridized carbons (Fsp3) is 0.417. The topological polar surface area (TPSA) is 67.2 Å². The maximum absolute atomic E-state index is 11.4. The van der Waals surface area contributed by atoms with Gasteiger partial charge >= 0.3 is 0 Å². The molecule has 0 unspecified atom stereocenters. The number of hydrogen-bond donors (Lipinski definition) is 3. The van der Waals surface area contributed by atoms with Crippen LogP contribution in [0.2, 0.25) is 0 Å². The Balaban J connectivity index is 2.38. The van der Waals surface area contributed by atoms with E-state index in [4.69, 9.17) is 5.73 Å². The van der Waals surface area contributed by atoms with Gasteiger partial charge in [-0.15, -0.1) is 0 Å². The Morgan fingerprint density at radius 2 is 2.18 bits per heavy atom. The molecule has 0 aliphatic rings. The maximum Gasteiger partial charge on any atom is 0.221 e. The van der Waals surface area contributed by atoms with Gasteiger partial charge in [-0.25, -0.2) is 0 Å². The quantitative estimate of drug-likeness (QED) is 0.565. The molecule has 4 N–H and O–H groups in total. The lowest BCUT2D eigenvalue weighted by molar-refractivity contribution is -0.121. The van der Waals surface area contributed by atoms with E-state index in [9.17, 15) is 4.79 Å². The molecule has 0 saturated heterocycles. The molecule has 0 bridgehead atoms. The van der Waals surface area contributed by atoms with Crippen LogP contribution in [0, 0.1) is 3.57 Å². The third-order valence-electron chi connectivity index (χ3n) is 2.11. The fourth-order valence-corrected chi connectivity index (χ4v) is 2.11. The second-order valence-corrected chi connectivity index (χ2v) is 5.30. The first-order valence-corrected chi connectivity index (χ1v) is 6.65. The highest BCUT2D eigenvalue weighted by Gasteiger charge is 2.04. The van der Waals surface area contributed by atoms with Crippen molar-refractivity contribution >= 4 is 39.9 Å². The van der Waals surface area contributed by atoms with Crippen LogP contribution in [0.1, 0.15) is 20.3 Å². The molecule has 1 aromatic rings. The van der Waals surface area contributed by atoms with E-state index >= 15 is 0 Å². The number of carbonyl (C=O) groups excluding carboxylic acids is 1. The Labute approximate surface area is 115 Å². The van der Waals surface area contributed by atoms with Crippen molar-refractivity contribution in [2.75, 3.05) is 17.6 Å². The predicted octanol–water partition coefficient (Wildman–Crippen LogP) is 2.20. The molecule has 0 aliphatic heterocycles. The van der Waals surface area contributed by atoms with Gasteiger partial charge < -0.3 is 16.4 Å². The van der Waals surface area contributed by atoms with Crippen molar-refractivity contribution in [3.05, 3.63) is 21.8 Å². The van der Waals surface area contributed by atoms with Crippen LogP contribution in [0.3, 0.4) is 0 Å². The molecule has 4 nitrogen and oxygen atoms in total. The van der Waals surface area contributed by atoms with Crippen LogP contribution in [-0.2, 0) is 4.79 Å². The van der Waals surface area contributed by atoms with E-state index in [1.807, 2.05) is 32.0 Å². The molecular formula is C12H18IN3O. The summed E-state index contributed by atoms with van der Waals surface area (Å²) in [6.07, 6.45) is 0.471. The first kappa shape index (κ1) is 14.1. The van der Waals surface area contributed by atoms with Gasteiger partial charge in [-0.05, 0) is 54.6 Å². The average Bonchev–Trinajstić information content (AvgIpc) is 2.20. The molecule has 1 amide bonds. The van der Waals surface area contributed by atoms with Crippen LogP contribution < -0.4 is 16.4 Å². The van der Waals surface area contributed by atoms with Gasteiger partial charge in [0.05, 0.1) is 0 Å². The summed E-state index contributed by atoms with van der Waals surface area (Å²) in [6.45, 7) is 4.53. The van der Waals surface area contributed by atoms with Crippen molar-refractivity contribution in [1.29, 1.82) is 0 Å². The zero-order chi connectivity index (χ0) is 12.8. The first-order chi connectivity index (χ1) is 7.99. The highest BCUT2D eigenvalue weighted by molar-refractivity contribution is 14.1.